The van der Waals surface area contributed by atoms with Crippen LogP contribution in [0.1, 0.15) is 55.3 Å². The van der Waals surface area contributed by atoms with Crippen LogP contribution in [-0.2, 0) is 9.59 Å². The topological polar surface area (TPSA) is 130 Å². The van der Waals surface area contributed by atoms with Gasteiger partial charge in [-0.2, -0.15) is 10.4 Å². The number of carbonyl (C=O) groups is 2. The average Bonchev–Trinajstić information content (AvgIpc) is 3.71. The Morgan fingerprint density at radius 2 is 2.11 bits per heavy atom. The van der Waals surface area contributed by atoms with Gasteiger partial charge in [-0.3, -0.25) is 24.6 Å². The van der Waals surface area contributed by atoms with Gasteiger partial charge in [0.1, 0.15) is 17.7 Å². The zero-order chi connectivity index (χ0) is 33.7. The fourth-order valence-corrected chi connectivity index (χ4v) is 6.02. The van der Waals surface area contributed by atoms with Gasteiger partial charge in [-0.05, 0) is 43.2 Å². The predicted octanol–water partition coefficient (Wildman–Crippen LogP) is 5.98. The molecule has 2 atom stereocenters. The number of nitrogens with one attached hydrogen (secondary N) is 2. The van der Waals surface area contributed by atoms with E-state index in [1.807, 2.05) is 13.0 Å². The third-order valence-electron chi connectivity index (χ3n) is 8.15. The lowest BCUT2D eigenvalue weighted by Crippen LogP contribution is -2.55. The maximum atomic E-state index is 14.2. The highest BCUT2D eigenvalue weighted by atomic mass is 35.5. The molecule has 2 aliphatic rings. The maximum absolute atomic E-state index is 14.2. The van der Waals surface area contributed by atoms with Gasteiger partial charge < -0.3 is 10.2 Å². The number of nitriles is 1. The number of rotatable bonds is 10. The summed E-state index contributed by atoms with van der Waals surface area (Å²) in [6, 6.07) is 9.21. The van der Waals surface area contributed by atoms with Crippen molar-refractivity contribution in [2.75, 3.05) is 11.9 Å². The molecule has 2 N–H and O–H groups in total. The molecule has 1 aromatic carbocycles. The molecule has 0 radical (unpaired) electrons. The molecular weight excluding hydrogens is 626 g/mol. The minimum atomic E-state index is -2.85. The highest BCUT2D eigenvalue weighted by molar-refractivity contribution is 6.31. The Bertz CT molecular complexity index is 1790. The molecule has 242 valence electrons. The normalized spacial score (nSPS) is 18.9. The SMILES string of the molecule is C=C(/C=C\C=C(/C)c1cn[nH]c1)N(/C(=N/C)[C@@H]1CCC(=O)N1c1cc(C#N)ccn1)C(C(=O)NC1CC(F)(F)C1)c1ccccc1Cl. The van der Waals surface area contributed by atoms with Crippen molar-refractivity contribution in [1.82, 2.24) is 25.4 Å². The maximum Gasteiger partial charge on any atom is 0.252 e. The second kappa shape index (κ2) is 14.1. The molecule has 5 rings (SSSR count). The number of amides is 2. The Morgan fingerprint density at radius 1 is 1.34 bits per heavy atom. The third kappa shape index (κ3) is 7.31. The van der Waals surface area contributed by atoms with Crippen molar-refractivity contribution in [2.24, 2.45) is 4.99 Å². The number of halogens is 3. The van der Waals surface area contributed by atoms with E-state index < -0.39 is 42.8 Å². The number of allylic oxidation sites excluding steroid dienone is 4. The number of carbonyl (C=O) groups excluding carboxylic acids is 2. The van der Waals surface area contributed by atoms with E-state index in [1.165, 1.54) is 30.3 Å². The molecular formula is C34H33ClF2N8O2. The number of hydrogen-bond acceptors (Lipinski definition) is 6. The van der Waals surface area contributed by atoms with Crippen molar-refractivity contribution in [1.29, 1.82) is 5.26 Å². The number of anilines is 1. The van der Waals surface area contributed by atoms with Gasteiger partial charge in [-0.25, -0.2) is 13.8 Å². The van der Waals surface area contributed by atoms with Gasteiger partial charge in [0, 0.05) is 66.6 Å². The van der Waals surface area contributed by atoms with Crippen LogP contribution in [0.15, 0.2) is 90.5 Å². The van der Waals surface area contributed by atoms with Crippen molar-refractivity contribution in [3.63, 3.8) is 0 Å². The van der Waals surface area contributed by atoms with Crippen LogP contribution in [0.2, 0.25) is 5.02 Å². The smallest absolute Gasteiger partial charge is 0.252 e. The molecule has 2 fully saturated rings. The molecule has 2 amide bonds. The highest BCUT2D eigenvalue weighted by Crippen LogP contribution is 2.39. The first-order chi connectivity index (χ1) is 22.5. The van der Waals surface area contributed by atoms with Gasteiger partial charge >= 0.3 is 0 Å². The monoisotopic (exact) mass is 658 g/mol. The fraction of sp³-hybridized carbons (Fsp3) is 0.294. The number of alkyl halides is 2. The van der Waals surface area contributed by atoms with E-state index in [2.05, 4.69) is 38.1 Å². The molecule has 0 bridgehead atoms. The summed E-state index contributed by atoms with van der Waals surface area (Å²) in [5.74, 6) is -3.12. The van der Waals surface area contributed by atoms with E-state index >= 15 is 0 Å². The molecule has 1 saturated carbocycles. The molecule has 2 aromatic heterocycles. The predicted molar refractivity (Wildman–Crippen MR) is 175 cm³/mol. The van der Waals surface area contributed by atoms with Crippen LogP contribution >= 0.6 is 11.6 Å². The second-order valence-corrected chi connectivity index (χ2v) is 11.8. The number of pyridine rings is 1. The van der Waals surface area contributed by atoms with Gasteiger partial charge in [-0.15, -0.1) is 0 Å². The zero-order valence-corrected chi connectivity index (χ0v) is 26.6. The minimum absolute atomic E-state index is 0.158. The number of aromatic nitrogens is 3. The average molecular weight is 659 g/mol. The summed E-state index contributed by atoms with van der Waals surface area (Å²) in [4.78, 5) is 39.6. The summed E-state index contributed by atoms with van der Waals surface area (Å²) in [5.41, 5.74) is 2.81. The summed E-state index contributed by atoms with van der Waals surface area (Å²) in [5, 5.41) is 19.3. The first kappa shape index (κ1) is 33.2. The molecule has 10 nitrogen and oxygen atoms in total. The first-order valence-electron chi connectivity index (χ1n) is 14.9. The van der Waals surface area contributed by atoms with Gasteiger partial charge in [0.2, 0.25) is 11.8 Å². The zero-order valence-electron chi connectivity index (χ0n) is 25.8. The van der Waals surface area contributed by atoms with Gasteiger partial charge in [0.05, 0.1) is 23.9 Å². The Labute approximate surface area is 276 Å². The van der Waals surface area contributed by atoms with Crippen LogP contribution in [0.4, 0.5) is 14.6 Å². The Morgan fingerprint density at radius 3 is 2.77 bits per heavy atom. The molecule has 13 heteroatoms. The van der Waals surface area contributed by atoms with Crippen LogP contribution in [0, 0.1) is 11.3 Å². The molecule has 1 saturated heterocycles. The van der Waals surface area contributed by atoms with E-state index in [9.17, 15) is 23.6 Å². The van der Waals surface area contributed by atoms with E-state index in [0.717, 1.165) is 11.1 Å². The highest BCUT2D eigenvalue weighted by Gasteiger charge is 2.48. The Kier molecular flexibility index (Phi) is 9.96. The molecule has 3 heterocycles. The summed E-state index contributed by atoms with van der Waals surface area (Å²) < 4.78 is 27.6. The second-order valence-electron chi connectivity index (χ2n) is 11.4. The van der Waals surface area contributed by atoms with Gasteiger partial charge in [0.25, 0.3) is 5.92 Å². The van der Waals surface area contributed by atoms with E-state index in [-0.39, 0.29) is 23.2 Å². The Balaban J connectivity index is 1.60. The van der Waals surface area contributed by atoms with E-state index in [4.69, 9.17) is 11.6 Å². The van der Waals surface area contributed by atoms with Gasteiger partial charge in [-0.1, -0.05) is 48.5 Å². The number of hydrogen-bond donors (Lipinski definition) is 2. The lowest BCUT2D eigenvalue weighted by atomic mass is 9.87. The van der Waals surface area contributed by atoms with Crippen LogP contribution in [0.3, 0.4) is 0 Å². The fourth-order valence-electron chi connectivity index (χ4n) is 5.78. The number of aromatic amines is 1. The van der Waals surface area contributed by atoms with Crippen LogP contribution in [0.25, 0.3) is 5.57 Å². The molecule has 3 aromatic rings. The summed E-state index contributed by atoms with van der Waals surface area (Å²) in [6.45, 7) is 6.21. The van der Waals surface area contributed by atoms with Crippen LogP contribution in [0.5, 0.6) is 0 Å². The lowest BCUT2D eigenvalue weighted by Gasteiger charge is -2.41. The van der Waals surface area contributed by atoms with Crippen molar-refractivity contribution in [3.05, 3.63) is 107 Å². The molecule has 0 spiro atoms. The van der Waals surface area contributed by atoms with Crippen LogP contribution in [-0.4, -0.2) is 62.8 Å². The summed E-state index contributed by atoms with van der Waals surface area (Å²) >= 11 is 6.70. The number of H-pyrrole nitrogens is 1. The van der Waals surface area contributed by atoms with Crippen LogP contribution < -0.4 is 10.2 Å². The molecule has 1 unspecified atom stereocenters. The summed E-state index contributed by atoms with van der Waals surface area (Å²) in [6.07, 6.45) is 9.71. The van der Waals surface area contributed by atoms with Crippen molar-refractivity contribution in [2.45, 2.75) is 56.7 Å². The van der Waals surface area contributed by atoms with Crippen molar-refractivity contribution in [3.8, 4) is 6.07 Å². The first-order valence-corrected chi connectivity index (χ1v) is 15.3. The van der Waals surface area contributed by atoms with E-state index in [0.29, 0.717) is 29.1 Å². The number of benzene rings is 1. The van der Waals surface area contributed by atoms with E-state index in [1.54, 1.807) is 53.7 Å². The lowest BCUT2D eigenvalue weighted by molar-refractivity contribution is -0.132. The molecule has 47 heavy (non-hydrogen) atoms. The minimum Gasteiger partial charge on any atom is -0.351 e. The quantitative estimate of drug-likeness (QED) is 0.157. The largest absolute Gasteiger partial charge is 0.351 e. The number of aliphatic imine (C=N–C) groups is 1. The number of amidine groups is 1. The van der Waals surface area contributed by atoms with Crippen molar-refractivity contribution >= 4 is 40.6 Å². The molecule has 1 aliphatic carbocycles. The third-order valence-corrected chi connectivity index (χ3v) is 8.49. The van der Waals surface area contributed by atoms with Crippen molar-refractivity contribution < 1.29 is 18.4 Å². The summed E-state index contributed by atoms with van der Waals surface area (Å²) in [7, 11) is 1.54. The van der Waals surface area contributed by atoms with Gasteiger partial charge in [0.15, 0.2) is 0 Å². The Hall–Kier alpha value is -5.15. The molecule has 1 aliphatic heterocycles. The number of nitrogens with zero attached hydrogens (tertiary/aromatic N) is 6. The standard InChI is InChI=1S/C34H33ClF2N8O2/c1-21(24-19-41-42-20-24)7-6-8-22(2)44(31(26-9-4-5-10-27(26)35)33(47)43-25-16-34(36,37)17-25)32(39-3)28-11-12-30(46)45(28)29-15-23(18-38)13-14-40-29/h4-10,13-15,19-20,25,28,31H,2,11-12,16-17H2,1,3H3,(H,41,42)(H,43,47)/b8-6-,21-7+,39-32+/t28-,31?/m0/s1.